The molecule has 5 nitrogen and oxygen atoms in total. The van der Waals surface area contributed by atoms with Crippen LogP contribution in [0.25, 0.3) is 0 Å². The summed E-state index contributed by atoms with van der Waals surface area (Å²) < 4.78 is 18.8. The first-order valence-electron chi connectivity index (χ1n) is 5.03. The molecule has 2 aromatic rings. The van der Waals surface area contributed by atoms with Crippen molar-refractivity contribution < 1.29 is 9.13 Å². The second-order valence-electron chi connectivity index (χ2n) is 3.53. The van der Waals surface area contributed by atoms with Crippen LogP contribution in [0, 0.1) is 12.7 Å². The van der Waals surface area contributed by atoms with Crippen molar-refractivity contribution in [2.75, 3.05) is 5.43 Å². The number of anilines is 1. The third-order valence-corrected chi connectivity index (χ3v) is 2.45. The first kappa shape index (κ1) is 12.5. The van der Waals surface area contributed by atoms with E-state index >= 15 is 0 Å². The third-order valence-electron chi connectivity index (χ3n) is 2.13. The van der Waals surface area contributed by atoms with Crippen LogP contribution in [0.3, 0.4) is 0 Å². The molecule has 0 unspecified atom stereocenters. The summed E-state index contributed by atoms with van der Waals surface area (Å²) in [4.78, 5) is 7.36. The first-order valence-corrected chi connectivity index (χ1v) is 5.41. The second kappa shape index (κ2) is 5.16. The molecule has 0 bridgehead atoms. The average molecular weight is 269 g/mol. The molecular formula is C11H10ClFN4O. The molecule has 0 aliphatic rings. The molecular weight excluding hydrogens is 259 g/mol. The maximum absolute atomic E-state index is 13.5. The highest BCUT2D eigenvalue weighted by atomic mass is 35.5. The van der Waals surface area contributed by atoms with Crippen LogP contribution in [-0.2, 0) is 0 Å². The van der Waals surface area contributed by atoms with Gasteiger partial charge in [0.25, 0.3) is 5.88 Å². The van der Waals surface area contributed by atoms with Crippen LogP contribution in [0.5, 0.6) is 11.6 Å². The topological polar surface area (TPSA) is 73.1 Å². The molecule has 0 aliphatic carbocycles. The smallest absolute Gasteiger partial charge is 0.260 e. The number of aromatic nitrogens is 2. The number of nitrogens with zero attached hydrogens (tertiary/aromatic N) is 2. The highest BCUT2D eigenvalue weighted by molar-refractivity contribution is 6.32. The van der Waals surface area contributed by atoms with Crippen molar-refractivity contribution in [2.24, 2.45) is 5.84 Å². The first-order chi connectivity index (χ1) is 8.60. The van der Waals surface area contributed by atoms with Gasteiger partial charge in [-0.2, -0.15) is 9.37 Å². The van der Waals surface area contributed by atoms with Crippen molar-refractivity contribution in [3.05, 3.63) is 40.8 Å². The molecule has 0 aliphatic heterocycles. The van der Waals surface area contributed by atoms with Gasteiger partial charge in [-0.25, -0.2) is 10.8 Å². The quantitative estimate of drug-likeness (QED) is 0.661. The lowest BCUT2D eigenvalue weighted by Crippen LogP contribution is -2.11. The maximum Gasteiger partial charge on any atom is 0.260 e. The van der Waals surface area contributed by atoms with Crippen molar-refractivity contribution in [2.45, 2.75) is 6.92 Å². The van der Waals surface area contributed by atoms with Crippen molar-refractivity contribution in [1.82, 2.24) is 9.97 Å². The number of nitrogens with one attached hydrogen (secondary N) is 1. The van der Waals surface area contributed by atoms with Gasteiger partial charge in [-0.1, -0.05) is 17.7 Å². The van der Waals surface area contributed by atoms with Crippen molar-refractivity contribution in [3.8, 4) is 11.6 Å². The minimum atomic E-state index is -0.702. The summed E-state index contributed by atoms with van der Waals surface area (Å²) in [6.07, 6.45) is 0.960. The Balaban J connectivity index is 2.36. The van der Waals surface area contributed by atoms with Crippen LogP contribution in [-0.4, -0.2) is 9.97 Å². The van der Waals surface area contributed by atoms with E-state index in [-0.39, 0.29) is 11.8 Å². The third kappa shape index (κ3) is 2.66. The Morgan fingerprint density at radius 1 is 1.44 bits per heavy atom. The number of hydrogen-bond acceptors (Lipinski definition) is 5. The molecule has 0 radical (unpaired) electrons. The van der Waals surface area contributed by atoms with Gasteiger partial charge in [-0.3, -0.25) is 5.43 Å². The molecule has 94 valence electrons. The summed E-state index contributed by atoms with van der Waals surface area (Å²) >= 11 is 5.94. The number of rotatable bonds is 3. The number of aryl methyl sites for hydroxylation is 1. The largest absolute Gasteiger partial charge is 0.435 e. The predicted molar refractivity (Wildman–Crippen MR) is 66.1 cm³/mol. The van der Waals surface area contributed by atoms with Crippen molar-refractivity contribution in [3.63, 3.8) is 0 Å². The normalized spacial score (nSPS) is 10.2. The van der Waals surface area contributed by atoms with Crippen molar-refractivity contribution in [1.29, 1.82) is 0 Å². The molecule has 7 heteroatoms. The molecule has 0 atom stereocenters. The zero-order valence-corrected chi connectivity index (χ0v) is 10.2. The Morgan fingerprint density at radius 3 is 2.94 bits per heavy atom. The number of benzene rings is 1. The average Bonchev–Trinajstić information content (AvgIpc) is 2.36. The van der Waals surface area contributed by atoms with Crippen LogP contribution in [0.2, 0.25) is 5.02 Å². The lowest BCUT2D eigenvalue weighted by Gasteiger charge is -2.08. The number of hydrogen-bond donors (Lipinski definition) is 2. The van der Waals surface area contributed by atoms with Gasteiger partial charge in [0.2, 0.25) is 11.8 Å². The highest BCUT2D eigenvalue weighted by Gasteiger charge is 2.11. The van der Waals surface area contributed by atoms with Crippen LogP contribution in [0.4, 0.5) is 10.3 Å². The van der Waals surface area contributed by atoms with Crippen LogP contribution < -0.4 is 16.0 Å². The highest BCUT2D eigenvalue weighted by Crippen LogP contribution is 2.30. The molecule has 1 heterocycles. The van der Waals surface area contributed by atoms with E-state index in [0.717, 1.165) is 11.8 Å². The van der Waals surface area contributed by atoms with Crippen molar-refractivity contribution >= 4 is 17.5 Å². The minimum Gasteiger partial charge on any atom is -0.435 e. The zero-order chi connectivity index (χ0) is 13.1. The van der Waals surface area contributed by atoms with Gasteiger partial charge in [-0.05, 0) is 24.6 Å². The van der Waals surface area contributed by atoms with E-state index in [2.05, 4.69) is 15.4 Å². The molecule has 0 spiro atoms. The number of halogens is 2. The Labute approximate surface area is 108 Å². The molecule has 18 heavy (non-hydrogen) atoms. The molecule has 0 fully saturated rings. The van der Waals surface area contributed by atoms with Crippen LogP contribution in [0.1, 0.15) is 5.56 Å². The standard InChI is InChI=1S/C11H10ClFN4O/c1-6-2-3-7(12)9(4-6)18-10-8(13)5-15-11(16-10)17-14/h2-5H,14H2,1H3,(H,15,16,17). The van der Waals surface area contributed by atoms with E-state index in [1.807, 2.05) is 13.0 Å². The van der Waals surface area contributed by atoms with Gasteiger partial charge in [0.05, 0.1) is 11.2 Å². The van der Waals surface area contributed by atoms with Gasteiger partial charge < -0.3 is 4.74 Å². The van der Waals surface area contributed by atoms with Gasteiger partial charge in [0.15, 0.2) is 0 Å². The molecule has 0 saturated heterocycles. The van der Waals surface area contributed by atoms with E-state index in [1.165, 1.54) is 0 Å². The number of nitrogen functional groups attached to an aromatic ring is 1. The summed E-state index contributed by atoms with van der Waals surface area (Å²) in [6, 6.07) is 5.16. The van der Waals surface area contributed by atoms with Gasteiger partial charge in [0, 0.05) is 0 Å². The molecule has 2 rings (SSSR count). The fraction of sp³-hybridized carbons (Fsp3) is 0.0909. The monoisotopic (exact) mass is 268 g/mol. The van der Waals surface area contributed by atoms with E-state index in [1.54, 1.807) is 12.1 Å². The molecule has 1 aromatic carbocycles. The maximum atomic E-state index is 13.5. The summed E-state index contributed by atoms with van der Waals surface area (Å²) in [5.41, 5.74) is 3.14. The lowest BCUT2D eigenvalue weighted by atomic mass is 10.2. The minimum absolute atomic E-state index is 0.0511. The number of nitrogens with two attached hydrogens (primary N) is 1. The molecule has 3 N–H and O–H groups in total. The predicted octanol–water partition coefficient (Wildman–Crippen LogP) is 2.66. The van der Waals surface area contributed by atoms with Gasteiger partial charge in [0.1, 0.15) is 5.75 Å². The van der Waals surface area contributed by atoms with Gasteiger partial charge >= 0.3 is 0 Å². The Kier molecular flexibility index (Phi) is 3.59. The second-order valence-corrected chi connectivity index (χ2v) is 3.93. The lowest BCUT2D eigenvalue weighted by molar-refractivity contribution is 0.420. The fourth-order valence-corrected chi connectivity index (χ4v) is 1.44. The summed E-state index contributed by atoms with van der Waals surface area (Å²) in [5.74, 6) is 4.56. The number of ether oxygens (including phenoxy) is 1. The SMILES string of the molecule is Cc1ccc(Cl)c(Oc2nc(NN)ncc2F)c1. The Hall–Kier alpha value is -1.92. The molecule has 0 saturated carbocycles. The van der Waals surface area contributed by atoms with E-state index in [4.69, 9.17) is 22.2 Å². The van der Waals surface area contributed by atoms with E-state index in [0.29, 0.717) is 10.8 Å². The van der Waals surface area contributed by atoms with E-state index in [9.17, 15) is 4.39 Å². The zero-order valence-electron chi connectivity index (χ0n) is 9.45. The summed E-state index contributed by atoms with van der Waals surface area (Å²) in [6.45, 7) is 1.87. The Morgan fingerprint density at radius 2 is 2.22 bits per heavy atom. The van der Waals surface area contributed by atoms with Crippen LogP contribution >= 0.6 is 11.6 Å². The van der Waals surface area contributed by atoms with Gasteiger partial charge in [-0.15, -0.1) is 0 Å². The summed E-state index contributed by atoms with van der Waals surface area (Å²) in [7, 11) is 0. The van der Waals surface area contributed by atoms with E-state index < -0.39 is 5.82 Å². The fourth-order valence-electron chi connectivity index (χ4n) is 1.29. The Bertz CT molecular complexity index is 579. The van der Waals surface area contributed by atoms with Crippen LogP contribution in [0.15, 0.2) is 24.4 Å². The number of hydrazine groups is 1. The molecule has 1 aromatic heterocycles. The molecule has 0 amide bonds. The summed E-state index contributed by atoms with van der Waals surface area (Å²) in [5, 5.41) is 0.362.